The van der Waals surface area contributed by atoms with Crippen LogP contribution in [0.5, 0.6) is 5.75 Å². The minimum atomic E-state index is -1.16. The summed E-state index contributed by atoms with van der Waals surface area (Å²) in [6.07, 6.45) is 3.97. The molecule has 0 unspecified atom stereocenters. The van der Waals surface area contributed by atoms with Crippen molar-refractivity contribution >= 4 is 60.8 Å². The van der Waals surface area contributed by atoms with Gasteiger partial charge in [0.05, 0.1) is 36.6 Å². The number of hydrogen-bond donors (Lipinski definition) is 4. The van der Waals surface area contributed by atoms with E-state index in [1.807, 2.05) is 43.3 Å². The number of rotatable bonds is 19. The molecule has 0 saturated carbocycles. The summed E-state index contributed by atoms with van der Waals surface area (Å²) in [6.45, 7) is 9.03. The van der Waals surface area contributed by atoms with Gasteiger partial charge in [-0.25, -0.2) is 24.1 Å². The van der Waals surface area contributed by atoms with Gasteiger partial charge >= 0.3 is 5.97 Å². The molecular weight excluding hydrogens is 754 g/mol. The van der Waals surface area contributed by atoms with Gasteiger partial charge in [-0.3, -0.25) is 15.2 Å². The van der Waals surface area contributed by atoms with Crippen LogP contribution in [-0.2, 0) is 11.2 Å². The predicted molar refractivity (Wildman–Crippen MR) is 224 cm³/mol. The average Bonchev–Trinajstić information content (AvgIpc) is 3.79. The lowest BCUT2D eigenvalue weighted by Gasteiger charge is -2.26. The molecule has 3 heterocycles. The van der Waals surface area contributed by atoms with Gasteiger partial charge in [0.15, 0.2) is 22.4 Å². The number of ether oxygens (including phenoxy) is 2. The zero-order chi connectivity index (χ0) is 39.9. The number of thiazole rings is 2. The highest BCUT2D eigenvalue weighted by atomic mass is 32.1. The maximum atomic E-state index is 14.7. The molecule has 0 aliphatic carbocycles. The Morgan fingerprint density at radius 1 is 1.16 bits per heavy atom. The summed E-state index contributed by atoms with van der Waals surface area (Å²) in [7, 11) is 3.82. The quantitative estimate of drug-likeness (QED) is 0.0402. The zero-order valence-electron chi connectivity index (χ0n) is 32.1. The lowest BCUT2D eigenvalue weighted by Crippen LogP contribution is -2.40. The van der Waals surface area contributed by atoms with Crippen molar-refractivity contribution in [1.82, 2.24) is 25.1 Å². The maximum absolute atomic E-state index is 14.7. The fraction of sp³-hybridized carbons (Fsp3) is 0.425. The molecular formula is C40H50FN9O4S2. The SMILES string of the molecule is C/C(=C/C(=N)N(CCCCNCCN1CCOCC1)c1nc(C(=O)O)c(CCCOc2ccc(C#CCN(C)C)cc2F)s1)C(N)=Nc1nc2ccccc2s1. The number of anilines is 1. The van der Waals surface area contributed by atoms with E-state index in [0.717, 1.165) is 69.0 Å². The van der Waals surface area contributed by atoms with Crippen molar-refractivity contribution < 1.29 is 23.8 Å². The molecule has 2 aromatic heterocycles. The molecule has 1 aliphatic heterocycles. The van der Waals surface area contributed by atoms with Gasteiger partial charge in [-0.15, -0.1) is 11.3 Å². The summed E-state index contributed by atoms with van der Waals surface area (Å²) >= 11 is 2.66. The van der Waals surface area contributed by atoms with Crippen molar-refractivity contribution in [2.45, 2.75) is 32.6 Å². The number of hydrogen-bond acceptors (Lipinski definition) is 12. The zero-order valence-corrected chi connectivity index (χ0v) is 33.8. The minimum absolute atomic E-state index is 0.0722. The number of aromatic carboxylic acids is 1. The van der Waals surface area contributed by atoms with Crippen LogP contribution in [0.4, 0.5) is 14.7 Å². The monoisotopic (exact) mass is 803 g/mol. The van der Waals surface area contributed by atoms with Gasteiger partial charge in [0.25, 0.3) is 0 Å². The first-order valence-corrected chi connectivity index (χ1v) is 20.2. The lowest BCUT2D eigenvalue weighted by atomic mass is 10.2. The first kappa shape index (κ1) is 42.4. The van der Waals surface area contributed by atoms with Crippen molar-refractivity contribution in [2.24, 2.45) is 10.7 Å². The highest BCUT2D eigenvalue weighted by Crippen LogP contribution is 2.30. The number of fused-ring (bicyclic) bond motifs is 1. The highest BCUT2D eigenvalue weighted by Gasteiger charge is 2.23. The Kier molecular flexibility index (Phi) is 16.3. The second-order valence-corrected chi connectivity index (χ2v) is 15.5. The number of carboxylic acid groups (broad SMARTS) is 1. The van der Waals surface area contributed by atoms with Crippen LogP contribution in [0.1, 0.15) is 47.1 Å². The van der Waals surface area contributed by atoms with E-state index in [0.29, 0.717) is 52.2 Å². The van der Waals surface area contributed by atoms with E-state index in [1.165, 1.54) is 28.7 Å². The van der Waals surface area contributed by atoms with Crippen LogP contribution >= 0.6 is 22.7 Å². The molecule has 13 nitrogen and oxygen atoms in total. The number of nitrogens with zero attached hydrogens (tertiary/aromatic N) is 6. The smallest absolute Gasteiger partial charge is 0.355 e. The molecule has 298 valence electrons. The van der Waals surface area contributed by atoms with Gasteiger partial charge in [-0.05, 0) is 95.2 Å². The third-order valence-electron chi connectivity index (χ3n) is 8.73. The Balaban J connectivity index is 1.24. The number of nitrogens with two attached hydrogens (primary N) is 1. The molecule has 0 radical (unpaired) electrons. The Morgan fingerprint density at radius 2 is 1.96 bits per heavy atom. The first-order valence-electron chi connectivity index (χ1n) is 18.6. The molecule has 2 aromatic carbocycles. The summed E-state index contributed by atoms with van der Waals surface area (Å²) in [5.74, 6) is 4.70. The number of para-hydroxylation sites is 1. The van der Waals surface area contributed by atoms with Gasteiger partial charge in [-0.1, -0.05) is 35.3 Å². The standard InChI is InChI=1S/C40H50FN9O4S2/c1-28(37(43)47-39-45-31-11-4-5-12-33(31)55-39)26-35(42)50(19-7-6-16-44-17-20-49-21-24-53-25-22-49)40-46-36(38(51)52)34(56-40)13-9-23-54-32-15-14-29(27-30(32)41)10-8-18-48(2)3/h4-5,11-12,14-15,26-27,42,44H,6-7,9,13,16-25H2,1-3H3,(H,51,52)(H2,43,45,47)/b28-26-,42-35?. The van der Waals surface area contributed by atoms with Gasteiger partial charge < -0.3 is 30.5 Å². The summed E-state index contributed by atoms with van der Waals surface area (Å²) in [5.41, 5.74) is 8.27. The topological polar surface area (TPSA) is 166 Å². The van der Waals surface area contributed by atoms with E-state index in [2.05, 4.69) is 37.0 Å². The normalized spacial score (nSPS) is 13.9. The molecule has 1 aliphatic rings. The van der Waals surface area contributed by atoms with E-state index in [-0.39, 0.29) is 29.7 Å². The van der Waals surface area contributed by atoms with Crippen molar-refractivity contribution in [1.29, 1.82) is 5.41 Å². The van der Waals surface area contributed by atoms with E-state index in [4.69, 9.17) is 20.6 Å². The summed E-state index contributed by atoms with van der Waals surface area (Å²) in [4.78, 5) is 32.5. The predicted octanol–water partition coefficient (Wildman–Crippen LogP) is 5.64. The first-order chi connectivity index (χ1) is 27.1. The Hall–Kier alpha value is -4.76. The number of amidine groups is 2. The van der Waals surface area contributed by atoms with Gasteiger partial charge in [0.2, 0.25) is 5.13 Å². The van der Waals surface area contributed by atoms with Crippen molar-refractivity contribution in [3.8, 4) is 17.6 Å². The summed E-state index contributed by atoms with van der Waals surface area (Å²) in [6, 6.07) is 12.4. The van der Waals surface area contributed by atoms with E-state index in [9.17, 15) is 14.3 Å². The summed E-state index contributed by atoms with van der Waals surface area (Å²) < 4.78 is 26.9. The average molecular weight is 804 g/mol. The largest absolute Gasteiger partial charge is 0.491 e. The lowest BCUT2D eigenvalue weighted by molar-refractivity contribution is 0.0384. The fourth-order valence-electron chi connectivity index (χ4n) is 5.68. The number of morpholine rings is 1. The van der Waals surface area contributed by atoms with Crippen LogP contribution in [0.15, 0.2) is 59.1 Å². The molecule has 0 spiro atoms. The highest BCUT2D eigenvalue weighted by molar-refractivity contribution is 7.22. The molecule has 1 saturated heterocycles. The number of unbranched alkanes of at least 4 members (excludes halogenated alkanes) is 1. The van der Waals surface area contributed by atoms with Gasteiger partial charge in [-0.2, -0.15) is 0 Å². The van der Waals surface area contributed by atoms with Crippen LogP contribution < -0.4 is 20.7 Å². The number of aryl methyl sites for hydroxylation is 1. The van der Waals surface area contributed by atoms with Crippen molar-refractivity contribution in [2.75, 3.05) is 84.6 Å². The molecule has 0 atom stereocenters. The Labute approximate surface area is 335 Å². The molecule has 5 N–H and O–H groups in total. The number of benzene rings is 2. The van der Waals surface area contributed by atoms with Crippen LogP contribution in [0.2, 0.25) is 0 Å². The number of aromatic nitrogens is 2. The second-order valence-electron chi connectivity index (χ2n) is 13.4. The number of carbonyl (C=O) groups is 1. The number of aliphatic imine (C=N–C) groups is 1. The molecule has 56 heavy (non-hydrogen) atoms. The van der Waals surface area contributed by atoms with Crippen LogP contribution in [0.25, 0.3) is 10.2 Å². The molecule has 1 fully saturated rings. The number of halogens is 1. The Bertz CT molecular complexity index is 2030. The second kappa shape index (κ2) is 21.5. The van der Waals surface area contributed by atoms with Crippen LogP contribution in [0.3, 0.4) is 0 Å². The molecule has 5 rings (SSSR count). The maximum Gasteiger partial charge on any atom is 0.355 e. The number of carboxylic acids is 1. The molecule has 4 aromatic rings. The van der Waals surface area contributed by atoms with Crippen LogP contribution in [-0.4, -0.2) is 122 Å². The number of nitrogens with one attached hydrogen (secondary N) is 2. The van der Waals surface area contributed by atoms with E-state index < -0.39 is 11.8 Å². The van der Waals surface area contributed by atoms with E-state index >= 15 is 0 Å². The van der Waals surface area contributed by atoms with E-state index in [1.54, 1.807) is 30.0 Å². The van der Waals surface area contributed by atoms with Crippen LogP contribution in [0, 0.1) is 23.1 Å². The van der Waals surface area contributed by atoms with Crippen molar-refractivity contribution in [3.05, 3.63) is 76.1 Å². The summed E-state index contributed by atoms with van der Waals surface area (Å²) in [5, 5.41) is 23.6. The Morgan fingerprint density at radius 3 is 2.71 bits per heavy atom. The third kappa shape index (κ3) is 12.9. The fourth-order valence-corrected chi connectivity index (χ4v) is 7.67. The van der Waals surface area contributed by atoms with Gasteiger partial charge in [0, 0.05) is 43.2 Å². The molecule has 0 amide bonds. The van der Waals surface area contributed by atoms with Crippen molar-refractivity contribution in [3.63, 3.8) is 0 Å². The third-order valence-corrected chi connectivity index (χ3v) is 10.8. The molecule has 16 heteroatoms. The molecule has 0 bridgehead atoms. The van der Waals surface area contributed by atoms with Gasteiger partial charge in [0.1, 0.15) is 11.7 Å². The minimum Gasteiger partial charge on any atom is -0.491 e.